The van der Waals surface area contributed by atoms with Crippen LogP contribution in [-0.2, 0) is 17.7 Å². The number of amides is 1. The minimum atomic E-state index is 0.0569. The Labute approximate surface area is 183 Å². The van der Waals surface area contributed by atoms with Crippen molar-refractivity contribution in [3.05, 3.63) is 53.3 Å². The predicted molar refractivity (Wildman–Crippen MR) is 117 cm³/mol. The van der Waals surface area contributed by atoms with E-state index in [0.29, 0.717) is 17.0 Å². The molecule has 7 nitrogen and oxygen atoms in total. The van der Waals surface area contributed by atoms with Crippen molar-refractivity contribution in [3.63, 3.8) is 0 Å². The number of piperidine rings is 1. The van der Waals surface area contributed by atoms with Crippen LogP contribution in [0.25, 0.3) is 0 Å². The molecular weight excluding hydrogens is 390 g/mol. The first kappa shape index (κ1) is 19.2. The van der Waals surface area contributed by atoms with Gasteiger partial charge in [-0.05, 0) is 30.4 Å². The molecule has 1 aromatic carbocycles. The van der Waals surface area contributed by atoms with Crippen molar-refractivity contribution in [1.82, 2.24) is 19.8 Å². The summed E-state index contributed by atoms with van der Waals surface area (Å²) in [4.78, 5) is 28.7. The van der Waals surface area contributed by atoms with E-state index >= 15 is 0 Å². The van der Waals surface area contributed by atoms with Gasteiger partial charge < -0.3 is 14.5 Å². The quantitative estimate of drug-likeness (QED) is 0.758. The van der Waals surface area contributed by atoms with E-state index in [2.05, 4.69) is 44.0 Å². The van der Waals surface area contributed by atoms with Gasteiger partial charge in [0.05, 0.1) is 24.2 Å². The molecule has 0 radical (unpaired) electrons. The number of rotatable bonds is 3. The number of nitrogens with zero attached hydrogens (tertiary/aromatic N) is 5. The van der Waals surface area contributed by atoms with Crippen LogP contribution in [0, 0.1) is 5.41 Å². The zero-order valence-electron chi connectivity index (χ0n) is 17.9. The van der Waals surface area contributed by atoms with E-state index in [9.17, 15) is 4.79 Å². The number of hydrogen-bond donors (Lipinski definition) is 0. The number of ether oxygens (including phenoxy) is 1. The van der Waals surface area contributed by atoms with Crippen molar-refractivity contribution in [1.29, 1.82) is 0 Å². The lowest BCUT2D eigenvalue weighted by molar-refractivity contribution is -0.127. The zero-order valence-corrected chi connectivity index (χ0v) is 17.9. The normalized spacial score (nSPS) is 23.2. The lowest BCUT2D eigenvalue weighted by atomic mass is 9.78. The van der Waals surface area contributed by atoms with E-state index in [1.807, 2.05) is 4.90 Å². The minimum Gasteiger partial charge on any atom is -0.380 e. The fourth-order valence-corrected chi connectivity index (χ4v) is 5.52. The van der Waals surface area contributed by atoms with Crippen LogP contribution in [0.2, 0.25) is 0 Å². The molecular formula is C24H29N5O2. The standard InChI is InChI=1S/C24H29N5O2/c30-22(20-11-25-23(26-12-20)29-14-24(15-29)16-31-17-24)27-9-6-21(7-10-27)28-8-5-18-3-1-2-4-19(18)13-28/h1-4,11-12,21H,5-10,13-17H2. The van der Waals surface area contributed by atoms with Crippen LogP contribution >= 0.6 is 0 Å². The molecule has 3 saturated heterocycles. The van der Waals surface area contributed by atoms with Crippen molar-refractivity contribution in [2.75, 3.05) is 50.8 Å². The summed E-state index contributed by atoms with van der Waals surface area (Å²) in [6.07, 6.45) is 6.58. The molecule has 31 heavy (non-hydrogen) atoms. The third-order valence-corrected chi connectivity index (χ3v) is 7.47. The van der Waals surface area contributed by atoms with Crippen LogP contribution in [0.1, 0.15) is 34.3 Å². The molecule has 1 aromatic heterocycles. The summed E-state index contributed by atoms with van der Waals surface area (Å²) in [5.74, 6) is 0.777. The van der Waals surface area contributed by atoms with Gasteiger partial charge >= 0.3 is 0 Å². The number of hydrogen-bond acceptors (Lipinski definition) is 6. The molecule has 3 fully saturated rings. The molecule has 162 valence electrons. The molecule has 4 aliphatic heterocycles. The Balaban J connectivity index is 1.03. The van der Waals surface area contributed by atoms with Crippen LogP contribution in [0.3, 0.4) is 0 Å². The molecule has 4 aliphatic rings. The fourth-order valence-electron chi connectivity index (χ4n) is 5.52. The minimum absolute atomic E-state index is 0.0569. The van der Waals surface area contributed by atoms with Crippen LogP contribution in [-0.4, -0.2) is 77.7 Å². The van der Waals surface area contributed by atoms with Crippen LogP contribution in [0.4, 0.5) is 5.95 Å². The number of fused-ring (bicyclic) bond motifs is 1. The van der Waals surface area contributed by atoms with E-state index in [1.54, 1.807) is 12.4 Å². The second kappa shape index (κ2) is 7.57. The van der Waals surface area contributed by atoms with E-state index in [1.165, 1.54) is 11.1 Å². The second-order valence-electron chi connectivity index (χ2n) is 9.63. The monoisotopic (exact) mass is 419 g/mol. The lowest BCUT2D eigenvalue weighted by Crippen LogP contribution is -2.66. The van der Waals surface area contributed by atoms with E-state index in [-0.39, 0.29) is 5.91 Å². The first-order valence-electron chi connectivity index (χ1n) is 11.4. The summed E-state index contributed by atoms with van der Waals surface area (Å²) in [7, 11) is 0. The highest BCUT2D eigenvalue weighted by Gasteiger charge is 2.49. The first-order valence-corrected chi connectivity index (χ1v) is 11.4. The third kappa shape index (κ3) is 3.49. The maximum absolute atomic E-state index is 13.0. The largest absolute Gasteiger partial charge is 0.380 e. The Kier molecular flexibility index (Phi) is 4.69. The number of aromatic nitrogens is 2. The summed E-state index contributed by atoms with van der Waals surface area (Å²) in [6, 6.07) is 9.34. The molecule has 0 N–H and O–H groups in total. The van der Waals surface area contributed by atoms with Gasteiger partial charge in [-0.2, -0.15) is 0 Å². The molecule has 0 aliphatic carbocycles. The SMILES string of the molecule is O=C(c1cnc(N2CC3(COC3)C2)nc1)N1CCC(N2CCc3ccccc3C2)CC1. The van der Waals surface area contributed by atoms with Gasteiger partial charge in [0.15, 0.2) is 0 Å². The van der Waals surface area contributed by atoms with Crippen molar-refractivity contribution in [2.24, 2.45) is 5.41 Å². The molecule has 0 unspecified atom stereocenters. The Morgan fingerprint density at radius 2 is 1.71 bits per heavy atom. The summed E-state index contributed by atoms with van der Waals surface area (Å²) < 4.78 is 5.32. The van der Waals surface area contributed by atoms with E-state index in [4.69, 9.17) is 4.74 Å². The van der Waals surface area contributed by atoms with Gasteiger partial charge in [0.25, 0.3) is 5.91 Å². The van der Waals surface area contributed by atoms with Gasteiger partial charge in [0.2, 0.25) is 5.95 Å². The van der Waals surface area contributed by atoms with E-state index in [0.717, 1.165) is 77.7 Å². The van der Waals surface area contributed by atoms with Gasteiger partial charge in [-0.25, -0.2) is 9.97 Å². The highest BCUT2D eigenvalue weighted by atomic mass is 16.5. The average molecular weight is 420 g/mol. The summed E-state index contributed by atoms with van der Waals surface area (Å²) in [5.41, 5.74) is 3.88. The van der Waals surface area contributed by atoms with Gasteiger partial charge in [-0.15, -0.1) is 0 Å². The maximum Gasteiger partial charge on any atom is 0.256 e. The van der Waals surface area contributed by atoms with Crippen molar-refractivity contribution >= 4 is 11.9 Å². The first-order chi connectivity index (χ1) is 15.2. The molecule has 0 saturated carbocycles. The molecule has 6 rings (SSSR count). The lowest BCUT2D eigenvalue weighted by Gasteiger charge is -2.54. The summed E-state index contributed by atoms with van der Waals surface area (Å²) in [6.45, 7) is 7.36. The Morgan fingerprint density at radius 3 is 2.39 bits per heavy atom. The number of carbonyl (C=O) groups is 1. The molecule has 7 heteroatoms. The fraction of sp³-hybridized carbons (Fsp3) is 0.542. The Morgan fingerprint density at radius 1 is 1.00 bits per heavy atom. The Hall–Kier alpha value is -2.51. The van der Waals surface area contributed by atoms with Crippen molar-refractivity contribution in [3.8, 4) is 0 Å². The number of anilines is 1. The number of carbonyl (C=O) groups excluding carboxylic acids is 1. The third-order valence-electron chi connectivity index (χ3n) is 7.47. The van der Waals surface area contributed by atoms with Gasteiger partial charge in [-0.1, -0.05) is 24.3 Å². The predicted octanol–water partition coefficient (Wildman–Crippen LogP) is 1.98. The summed E-state index contributed by atoms with van der Waals surface area (Å²) >= 11 is 0. The number of likely N-dealkylation sites (tertiary alicyclic amines) is 1. The molecule has 1 spiro atoms. The summed E-state index contributed by atoms with van der Waals surface area (Å²) in [5, 5.41) is 0. The van der Waals surface area contributed by atoms with E-state index < -0.39 is 0 Å². The van der Waals surface area contributed by atoms with Crippen molar-refractivity contribution in [2.45, 2.75) is 31.8 Å². The highest BCUT2D eigenvalue weighted by molar-refractivity contribution is 5.93. The molecule has 0 bridgehead atoms. The van der Waals surface area contributed by atoms with Gasteiger partial charge in [-0.3, -0.25) is 9.69 Å². The van der Waals surface area contributed by atoms with Crippen LogP contribution in [0.5, 0.6) is 0 Å². The topological polar surface area (TPSA) is 61.8 Å². The molecule has 5 heterocycles. The van der Waals surface area contributed by atoms with Gasteiger partial charge in [0, 0.05) is 57.7 Å². The van der Waals surface area contributed by atoms with Gasteiger partial charge in [0.1, 0.15) is 0 Å². The average Bonchev–Trinajstić information content (AvgIpc) is 2.77. The smallest absolute Gasteiger partial charge is 0.256 e. The van der Waals surface area contributed by atoms with Crippen LogP contribution in [0.15, 0.2) is 36.7 Å². The highest BCUT2D eigenvalue weighted by Crippen LogP contribution is 2.38. The zero-order chi connectivity index (χ0) is 20.8. The number of benzene rings is 1. The molecule has 0 atom stereocenters. The molecule has 2 aromatic rings. The second-order valence-corrected chi connectivity index (χ2v) is 9.63. The Bertz CT molecular complexity index is 958. The maximum atomic E-state index is 13.0. The van der Waals surface area contributed by atoms with Crippen LogP contribution < -0.4 is 4.90 Å². The molecule has 1 amide bonds. The van der Waals surface area contributed by atoms with Crippen molar-refractivity contribution < 1.29 is 9.53 Å².